The van der Waals surface area contributed by atoms with E-state index in [0.29, 0.717) is 0 Å². The van der Waals surface area contributed by atoms with Crippen molar-refractivity contribution in [2.45, 2.75) is 19.4 Å². The summed E-state index contributed by atoms with van der Waals surface area (Å²) in [7, 11) is 0. The molecule has 2 aromatic rings. The highest BCUT2D eigenvalue weighted by molar-refractivity contribution is 7.07. The van der Waals surface area contributed by atoms with Crippen LogP contribution in [-0.4, -0.2) is 0 Å². The van der Waals surface area contributed by atoms with E-state index < -0.39 is 0 Å². The van der Waals surface area contributed by atoms with Gasteiger partial charge in [0.25, 0.3) is 0 Å². The zero-order valence-corrected chi connectivity index (χ0v) is 10.7. The van der Waals surface area contributed by atoms with Crippen LogP contribution in [0, 0.1) is 6.92 Å². The van der Waals surface area contributed by atoms with Gasteiger partial charge in [0.05, 0.1) is 0 Å². The van der Waals surface area contributed by atoms with E-state index >= 15 is 0 Å². The fourth-order valence-electron chi connectivity index (χ4n) is 1.80. The molecule has 0 aliphatic rings. The summed E-state index contributed by atoms with van der Waals surface area (Å²) in [6.07, 6.45) is 0.866. The molecule has 1 nitrogen and oxygen atoms in total. The van der Waals surface area contributed by atoms with E-state index in [4.69, 9.17) is 17.3 Å². The normalized spacial score (nSPS) is 12.7. The van der Waals surface area contributed by atoms with Gasteiger partial charge in [0.1, 0.15) is 0 Å². The van der Waals surface area contributed by atoms with Crippen LogP contribution in [0.5, 0.6) is 0 Å². The third-order valence-corrected chi connectivity index (χ3v) is 3.89. The zero-order chi connectivity index (χ0) is 11.5. The van der Waals surface area contributed by atoms with E-state index in [1.54, 1.807) is 11.3 Å². The summed E-state index contributed by atoms with van der Waals surface area (Å²) in [6, 6.07) is 8.05. The van der Waals surface area contributed by atoms with Crippen LogP contribution >= 0.6 is 22.9 Å². The molecule has 0 aliphatic carbocycles. The average molecular weight is 252 g/mol. The molecule has 0 saturated heterocycles. The number of hydrogen-bond acceptors (Lipinski definition) is 2. The van der Waals surface area contributed by atoms with Gasteiger partial charge in [-0.15, -0.1) is 0 Å². The smallest absolute Gasteiger partial charge is 0.0438 e. The minimum Gasteiger partial charge on any atom is -0.324 e. The van der Waals surface area contributed by atoms with Crippen LogP contribution in [0.25, 0.3) is 0 Å². The Balaban J connectivity index is 2.21. The number of hydrogen-bond donors (Lipinski definition) is 1. The van der Waals surface area contributed by atoms with Gasteiger partial charge in [-0.1, -0.05) is 23.7 Å². The van der Waals surface area contributed by atoms with E-state index in [9.17, 15) is 0 Å². The van der Waals surface area contributed by atoms with E-state index in [-0.39, 0.29) is 6.04 Å². The largest absolute Gasteiger partial charge is 0.324 e. The molecule has 0 radical (unpaired) electrons. The van der Waals surface area contributed by atoms with Gasteiger partial charge < -0.3 is 5.73 Å². The second kappa shape index (κ2) is 5.00. The van der Waals surface area contributed by atoms with E-state index in [0.717, 1.165) is 22.6 Å². The summed E-state index contributed by atoms with van der Waals surface area (Å²) in [4.78, 5) is 0. The molecule has 0 fully saturated rings. The summed E-state index contributed by atoms with van der Waals surface area (Å²) in [5, 5.41) is 5.00. The molecule has 2 rings (SSSR count). The van der Waals surface area contributed by atoms with Crippen molar-refractivity contribution in [3.63, 3.8) is 0 Å². The standard InChI is InChI=1S/C13H14ClNS/c1-9-11(3-2-4-12(9)14)13(15)7-10-5-6-16-8-10/h2-6,8,13H,7,15H2,1H3. The van der Waals surface area contributed by atoms with Crippen LogP contribution in [-0.2, 0) is 6.42 Å². The Morgan fingerprint density at radius 1 is 1.38 bits per heavy atom. The first-order chi connectivity index (χ1) is 7.68. The maximum absolute atomic E-state index is 6.20. The van der Waals surface area contributed by atoms with Crippen molar-refractivity contribution in [3.05, 3.63) is 56.7 Å². The molecular formula is C13H14ClNS. The lowest BCUT2D eigenvalue weighted by molar-refractivity contribution is 0.718. The highest BCUT2D eigenvalue weighted by Gasteiger charge is 2.11. The predicted molar refractivity (Wildman–Crippen MR) is 71.1 cm³/mol. The second-order valence-corrected chi connectivity index (χ2v) is 5.08. The lowest BCUT2D eigenvalue weighted by Gasteiger charge is -2.14. The molecule has 1 unspecified atom stereocenters. The average Bonchev–Trinajstić information content (AvgIpc) is 2.74. The fourth-order valence-corrected chi connectivity index (χ4v) is 2.66. The molecule has 0 amide bonds. The Bertz CT molecular complexity index is 465. The molecule has 1 heterocycles. The molecule has 3 heteroatoms. The van der Waals surface area contributed by atoms with Crippen LogP contribution < -0.4 is 5.73 Å². The highest BCUT2D eigenvalue weighted by Crippen LogP contribution is 2.25. The van der Waals surface area contributed by atoms with Gasteiger partial charge in [-0.05, 0) is 52.9 Å². The van der Waals surface area contributed by atoms with Crippen LogP contribution in [0.15, 0.2) is 35.0 Å². The highest BCUT2D eigenvalue weighted by atomic mass is 35.5. The molecule has 1 atom stereocenters. The summed E-state index contributed by atoms with van der Waals surface area (Å²) in [6.45, 7) is 2.02. The monoisotopic (exact) mass is 251 g/mol. The predicted octanol–water partition coefficient (Wildman–Crippen LogP) is 3.95. The molecule has 0 aliphatic heterocycles. The Kier molecular flexibility index (Phi) is 3.64. The molecule has 1 aromatic carbocycles. The maximum Gasteiger partial charge on any atom is 0.0438 e. The Morgan fingerprint density at radius 2 is 2.19 bits per heavy atom. The van der Waals surface area contributed by atoms with Gasteiger partial charge in [0.2, 0.25) is 0 Å². The maximum atomic E-state index is 6.20. The minimum absolute atomic E-state index is 0.0216. The molecule has 0 bridgehead atoms. The molecule has 84 valence electrons. The van der Waals surface area contributed by atoms with Crippen LogP contribution in [0.2, 0.25) is 5.02 Å². The third-order valence-electron chi connectivity index (χ3n) is 2.74. The molecule has 2 N–H and O–H groups in total. The van der Waals surface area contributed by atoms with Gasteiger partial charge in [-0.3, -0.25) is 0 Å². The van der Waals surface area contributed by atoms with Gasteiger partial charge in [-0.2, -0.15) is 11.3 Å². The Morgan fingerprint density at radius 3 is 2.88 bits per heavy atom. The van der Waals surface area contributed by atoms with Crippen molar-refractivity contribution in [2.24, 2.45) is 5.73 Å². The first-order valence-corrected chi connectivity index (χ1v) is 6.52. The van der Waals surface area contributed by atoms with Gasteiger partial charge >= 0.3 is 0 Å². The quantitative estimate of drug-likeness (QED) is 0.878. The minimum atomic E-state index is 0.0216. The SMILES string of the molecule is Cc1c(Cl)cccc1C(N)Cc1ccsc1. The number of thiophene rings is 1. The number of nitrogens with two attached hydrogens (primary N) is 1. The number of benzene rings is 1. The first-order valence-electron chi connectivity index (χ1n) is 5.20. The van der Waals surface area contributed by atoms with Crippen molar-refractivity contribution in [3.8, 4) is 0 Å². The van der Waals surface area contributed by atoms with Crippen molar-refractivity contribution in [2.75, 3.05) is 0 Å². The van der Waals surface area contributed by atoms with Crippen LogP contribution in [0.1, 0.15) is 22.7 Å². The van der Waals surface area contributed by atoms with Crippen LogP contribution in [0.3, 0.4) is 0 Å². The summed E-state index contributed by atoms with van der Waals surface area (Å²) in [5.41, 5.74) is 9.72. The van der Waals surface area contributed by atoms with Crippen molar-refractivity contribution < 1.29 is 0 Å². The lowest BCUT2D eigenvalue weighted by Crippen LogP contribution is -2.14. The van der Waals surface area contributed by atoms with Crippen LogP contribution in [0.4, 0.5) is 0 Å². The summed E-state index contributed by atoms with van der Waals surface area (Å²) >= 11 is 7.79. The molecule has 0 saturated carbocycles. The van der Waals surface area contributed by atoms with Crippen molar-refractivity contribution >= 4 is 22.9 Å². The Labute approximate surface area is 105 Å². The van der Waals surface area contributed by atoms with Gasteiger partial charge in [0, 0.05) is 11.1 Å². The van der Waals surface area contributed by atoms with E-state index in [1.165, 1.54) is 5.56 Å². The molecule has 16 heavy (non-hydrogen) atoms. The number of halogens is 1. The topological polar surface area (TPSA) is 26.0 Å². The molecule has 1 aromatic heterocycles. The zero-order valence-electron chi connectivity index (χ0n) is 9.11. The summed E-state index contributed by atoms with van der Waals surface area (Å²) < 4.78 is 0. The van der Waals surface area contributed by atoms with Crippen molar-refractivity contribution in [1.82, 2.24) is 0 Å². The van der Waals surface area contributed by atoms with Gasteiger partial charge in [-0.25, -0.2) is 0 Å². The molecular weight excluding hydrogens is 238 g/mol. The van der Waals surface area contributed by atoms with E-state index in [2.05, 4.69) is 22.9 Å². The first kappa shape index (κ1) is 11.6. The fraction of sp³-hybridized carbons (Fsp3) is 0.231. The van der Waals surface area contributed by atoms with E-state index in [1.807, 2.05) is 19.1 Å². The third kappa shape index (κ3) is 2.46. The molecule has 0 spiro atoms. The van der Waals surface area contributed by atoms with Gasteiger partial charge in [0.15, 0.2) is 0 Å². The number of rotatable bonds is 3. The summed E-state index contributed by atoms with van der Waals surface area (Å²) in [5.74, 6) is 0. The second-order valence-electron chi connectivity index (χ2n) is 3.90. The van der Waals surface area contributed by atoms with Crippen molar-refractivity contribution in [1.29, 1.82) is 0 Å². The lowest BCUT2D eigenvalue weighted by atomic mass is 9.97. The Hall–Kier alpha value is -0.830.